The molecule has 0 aliphatic carbocycles. The van der Waals surface area contributed by atoms with Crippen molar-refractivity contribution in [1.29, 1.82) is 5.26 Å². The van der Waals surface area contributed by atoms with Crippen molar-refractivity contribution < 1.29 is 23.9 Å². The first-order valence-corrected chi connectivity index (χ1v) is 11.2. The molecule has 1 aliphatic heterocycles. The van der Waals surface area contributed by atoms with Gasteiger partial charge in [-0.05, 0) is 28.4 Å². The molecule has 31 heavy (non-hydrogen) atoms. The highest BCUT2D eigenvalue weighted by Gasteiger charge is 2.27. The summed E-state index contributed by atoms with van der Waals surface area (Å²) in [6.07, 6.45) is 0.580. The third kappa shape index (κ3) is 4.26. The van der Waals surface area contributed by atoms with Crippen molar-refractivity contribution >= 4 is 39.9 Å². The molecule has 4 rings (SSSR count). The fourth-order valence-electron chi connectivity index (χ4n) is 3.27. The summed E-state index contributed by atoms with van der Waals surface area (Å²) >= 11 is 2.31. The molecule has 1 N–H and O–H groups in total. The van der Waals surface area contributed by atoms with Crippen molar-refractivity contribution in [2.75, 3.05) is 17.6 Å². The maximum absolute atomic E-state index is 12.6. The summed E-state index contributed by atoms with van der Waals surface area (Å²) in [5.41, 5.74) is 1.97. The lowest BCUT2D eigenvalue weighted by Crippen LogP contribution is -2.35. The second-order valence-electron chi connectivity index (χ2n) is 6.76. The summed E-state index contributed by atoms with van der Waals surface area (Å²) in [5, 5.41) is 28.8. The maximum atomic E-state index is 12.6. The quantitative estimate of drug-likeness (QED) is 0.457. The van der Waals surface area contributed by atoms with Gasteiger partial charge in [-0.15, -0.1) is 11.3 Å². The fourth-order valence-corrected chi connectivity index (χ4v) is 5.26. The number of anilines is 1. The number of thiophene rings is 1. The Bertz CT molecular complexity index is 1180. The summed E-state index contributed by atoms with van der Waals surface area (Å²) in [4.78, 5) is 26.8. The molecule has 0 saturated heterocycles. The van der Waals surface area contributed by atoms with Crippen LogP contribution in [0, 0.1) is 11.3 Å². The number of aromatic nitrogens is 2. The highest BCUT2D eigenvalue weighted by molar-refractivity contribution is 7.99. The van der Waals surface area contributed by atoms with E-state index in [1.165, 1.54) is 22.9 Å². The molecule has 9 nitrogen and oxygen atoms in total. The minimum absolute atomic E-state index is 0.0200. The van der Waals surface area contributed by atoms with E-state index < -0.39 is 5.95 Å². The van der Waals surface area contributed by atoms with Crippen LogP contribution in [0.15, 0.2) is 39.9 Å². The van der Waals surface area contributed by atoms with Gasteiger partial charge in [0, 0.05) is 30.5 Å². The van der Waals surface area contributed by atoms with Gasteiger partial charge in [-0.25, -0.2) is 0 Å². The lowest BCUT2D eigenvalue weighted by molar-refractivity contribution is -0.705. The third-order valence-corrected chi connectivity index (χ3v) is 6.93. The molecular formula is C20H17N5O4S2. The van der Waals surface area contributed by atoms with Gasteiger partial charge in [-0.3, -0.25) is 9.59 Å². The van der Waals surface area contributed by atoms with Gasteiger partial charge in [0.25, 0.3) is 5.03 Å². The van der Waals surface area contributed by atoms with E-state index in [0.29, 0.717) is 35.8 Å². The van der Waals surface area contributed by atoms with Gasteiger partial charge in [0.05, 0.1) is 23.1 Å². The SMILES string of the molecule is CC(=O)N1CCc2c(sc(NC(=O)CSc3c([O-])on[n+]3-c3ccccc3)c2C#N)C1. The largest absolute Gasteiger partial charge is 0.538 e. The van der Waals surface area contributed by atoms with E-state index in [1.54, 1.807) is 29.2 Å². The van der Waals surface area contributed by atoms with Gasteiger partial charge in [-0.1, -0.05) is 18.2 Å². The molecule has 0 radical (unpaired) electrons. The zero-order valence-electron chi connectivity index (χ0n) is 16.5. The number of rotatable bonds is 5. The Morgan fingerprint density at radius 1 is 1.42 bits per heavy atom. The zero-order chi connectivity index (χ0) is 22.0. The van der Waals surface area contributed by atoms with E-state index in [9.17, 15) is 20.0 Å². The predicted octanol–water partition coefficient (Wildman–Crippen LogP) is 1.59. The molecule has 3 aromatic rings. The number of carbonyl (C=O) groups excluding carboxylic acids is 2. The van der Waals surface area contributed by atoms with Crippen LogP contribution in [-0.2, 0) is 22.6 Å². The minimum atomic E-state index is -0.629. The van der Waals surface area contributed by atoms with E-state index in [-0.39, 0.29) is 22.6 Å². The van der Waals surface area contributed by atoms with Crippen molar-refractivity contribution in [3.05, 3.63) is 46.3 Å². The first-order chi connectivity index (χ1) is 15.0. The Morgan fingerprint density at radius 3 is 2.90 bits per heavy atom. The lowest BCUT2D eigenvalue weighted by Gasteiger charge is -2.25. The molecule has 0 bridgehead atoms. The number of nitrogens with zero attached hydrogens (tertiary/aromatic N) is 4. The number of amides is 2. The van der Waals surface area contributed by atoms with Crippen molar-refractivity contribution in [2.24, 2.45) is 0 Å². The topological polar surface area (TPSA) is 126 Å². The number of fused-ring (bicyclic) bond motifs is 1. The molecule has 2 aromatic heterocycles. The van der Waals surface area contributed by atoms with Gasteiger partial charge in [0.2, 0.25) is 17.5 Å². The molecule has 0 atom stereocenters. The van der Waals surface area contributed by atoms with Gasteiger partial charge in [-0.2, -0.15) is 5.26 Å². The smallest absolute Gasteiger partial charge is 0.298 e. The maximum Gasteiger partial charge on any atom is 0.298 e. The minimum Gasteiger partial charge on any atom is -0.538 e. The molecule has 0 unspecified atom stereocenters. The number of para-hydroxylation sites is 1. The van der Waals surface area contributed by atoms with Crippen LogP contribution >= 0.6 is 23.1 Å². The molecule has 3 heterocycles. The summed E-state index contributed by atoms with van der Waals surface area (Å²) < 4.78 is 6.10. The number of nitrogens with one attached hydrogen (secondary N) is 1. The van der Waals surface area contributed by atoms with E-state index in [2.05, 4.69) is 16.7 Å². The standard InChI is InChI=1S/C20H17N5O4S2/c1-12(26)24-8-7-14-15(9-21)18(31-16(14)10-24)22-17(27)11-30-19-20(28)29-23-25(19)13-5-3-2-4-6-13/h2-6H,7-8,10-11H2,1H3,(H-,22,23,27,28). The fraction of sp³-hybridized carbons (Fsp3) is 0.250. The second kappa shape index (κ2) is 8.79. The molecule has 0 saturated carbocycles. The highest BCUT2D eigenvalue weighted by atomic mass is 32.2. The van der Waals surface area contributed by atoms with Crippen LogP contribution in [0.1, 0.15) is 22.9 Å². The van der Waals surface area contributed by atoms with Gasteiger partial charge in [0.1, 0.15) is 11.1 Å². The van der Waals surface area contributed by atoms with Gasteiger partial charge >= 0.3 is 0 Å². The van der Waals surface area contributed by atoms with Gasteiger partial charge < -0.3 is 19.8 Å². The Morgan fingerprint density at radius 2 is 2.19 bits per heavy atom. The third-order valence-electron chi connectivity index (χ3n) is 4.78. The lowest BCUT2D eigenvalue weighted by atomic mass is 10.0. The molecule has 1 aliphatic rings. The number of hydrogen-bond acceptors (Lipinski definition) is 8. The van der Waals surface area contributed by atoms with Crippen molar-refractivity contribution in [2.45, 2.75) is 24.9 Å². The van der Waals surface area contributed by atoms with E-state index in [0.717, 1.165) is 22.2 Å². The van der Waals surface area contributed by atoms with Crippen LogP contribution in [0.5, 0.6) is 5.95 Å². The van der Waals surface area contributed by atoms with E-state index in [4.69, 9.17) is 4.52 Å². The summed E-state index contributed by atoms with van der Waals surface area (Å²) in [6, 6.07) is 11.2. The normalized spacial score (nSPS) is 12.8. The van der Waals surface area contributed by atoms with Crippen LogP contribution in [0.3, 0.4) is 0 Å². The molecule has 1 aromatic carbocycles. The Balaban J connectivity index is 1.47. The van der Waals surface area contributed by atoms with E-state index >= 15 is 0 Å². The van der Waals surface area contributed by atoms with Crippen LogP contribution in [0.25, 0.3) is 5.69 Å². The van der Waals surface area contributed by atoms with Crippen LogP contribution in [0.2, 0.25) is 0 Å². The Labute approximate surface area is 185 Å². The summed E-state index contributed by atoms with van der Waals surface area (Å²) in [6.45, 7) is 2.50. The monoisotopic (exact) mass is 455 g/mol. The second-order valence-corrected chi connectivity index (χ2v) is 8.83. The number of nitriles is 1. The van der Waals surface area contributed by atoms with Crippen molar-refractivity contribution in [3.63, 3.8) is 0 Å². The average molecular weight is 456 g/mol. The Kier molecular flexibility index (Phi) is 5.92. The predicted molar refractivity (Wildman–Crippen MR) is 111 cm³/mol. The number of thioether (sulfide) groups is 1. The number of carbonyl (C=O) groups is 2. The number of hydrogen-bond donors (Lipinski definition) is 1. The summed E-state index contributed by atoms with van der Waals surface area (Å²) in [7, 11) is 0. The first-order valence-electron chi connectivity index (χ1n) is 9.35. The Hall–Kier alpha value is -3.36. The van der Waals surface area contributed by atoms with Crippen LogP contribution in [-0.4, -0.2) is 34.3 Å². The highest BCUT2D eigenvalue weighted by Crippen LogP contribution is 2.37. The van der Waals surface area contributed by atoms with Gasteiger partial charge in [0.15, 0.2) is 5.95 Å². The van der Waals surface area contributed by atoms with Crippen LogP contribution in [0.4, 0.5) is 5.00 Å². The molecule has 0 spiro atoms. The molecule has 11 heteroatoms. The average Bonchev–Trinajstić information content (AvgIpc) is 3.31. The molecule has 158 valence electrons. The van der Waals surface area contributed by atoms with Crippen molar-refractivity contribution in [1.82, 2.24) is 10.2 Å². The first kappa shape index (κ1) is 20.9. The van der Waals surface area contributed by atoms with Crippen LogP contribution < -0.4 is 15.1 Å². The van der Waals surface area contributed by atoms with E-state index in [1.807, 2.05) is 6.07 Å². The zero-order valence-corrected chi connectivity index (χ0v) is 18.1. The number of benzene rings is 1. The molecule has 2 amide bonds. The summed E-state index contributed by atoms with van der Waals surface area (Å²) in [5.74, 6) is -1.07. The molecular weight excluding hydrogens is 438 g/mol. The van der Waals surface area contributed by atoms with Crippen molar-refractivity contribution in [3.8, 4) is 17.7 Å². The molecule has 0 fully saturated rings.